The first-order valence-electron chi connectivity index (χ1n) is 21.7. The summed E-state index contributed by atoms with van der Waals surface area (Å²) >= 11 is 0. The predicted octanol–water partition coefficient (Wildman–Crippen LogP) is 3.46. The van der Waals surface area contributed by atoms with Gasteiger partial charge in [-0.05, 0) is 72.5 Å². The highest BCUT2D eigenvalue weighted by Crippen LogP contribution is 2.42. The molecule has 5 N–H and O–H groups in total. The smallest absolute Gasteiger partial charge is 0.301 e. The zero-order valence-corrected chi connectivity index (χ0v) is 37.0. The predicted molar refractivity (Wildman–Crippen MR) is 239 cm³/mol. The summed E-state index contributed by atoms with van der Waals surface area (Å²) in [7, 11) is -4.37. The van der Waals surface area contributed by atoms with Crippen molar-refractivity contribution in [2.24, 2.45) is 5.41 Å². The van der Waals surface area contributed by atoms with Crippen LogP contribution < -0.4 is 19.7 Å². The Balaban J connectivity index is 0.00000188. The number of nitrogens with one attached hydrogen (secondary N) is 3. The van der Waals surface area contributed by atoms with Gasteiger partial charge in [-0.15, -0.1) is 0 Å². The monoisotopic (exact) mass is 958 g/mol. The molecule has 3 amide bonds. The van der Waals surface area contributed by atoms with Gasteiger partial charge in [-0.1, -0.05) is 12.1 Å². The molecule has 0 saturated carbocycles. The fraction of sp³-hybridized carbons (Fsp3) is 0.348. The van der Waals surface area contributed by atoms with E-state index in [1.807, 2.05) is 29.0 Å². The molecule has 0 radical (unpaired) electrons. The number of alkyl halides is 1. The number of pyridine rings is 1. The molecular formula is C46H45F3N8O10S. The number of hydrogen-bond acceptors (Lipinski definition) is 12. The lowest BCUT2D eigenvalue weighted by atomic mass is 9.72. The highest BCUT2D eigenvalue weighted by molar-refractivity contribution is 7.90. The third-order valence-corrected chi connectivity index (χ3v) is 14.4. The molecule has 68 heavy (non-hydrogen) atoms. The van der Waals surface area contributed by atoms with E-state index in [0.717, 1.165) is 59.4 Å². The summed E-state index contributed by atoms with van der Waals surface area (Å²) in [6.45, 7) is 3.32. The molecule has 5 aliphatic heterocycles. The molecular weight excluding hydrogens is 914 g/mol. The minimum Gasteiger partial charge on any atom is -0.491 e. The number of piperidine rings is 1. The first kappa shape index (κ1) is 46.2. The van der Waals surface area contributed by atoms with Crippen LogP contribution in [0.25, 0.3) is 22.2 Å². The molecule has 5 aliphatic rings. The largest absolute Gasteiger partial charge is 0.491 e. The van der Waals surface area contributed by atoms with E-state index >= 15 is 8.78 Å². The highest BCUT2D eigenvalue weighted by Gasteiger charge is 2.52. The number of aromatic nitrogens is 2. The number of aliphatic hydroxyl groups excluding tert-OH is 1. The Labute approximate surface area is 386 Å². The lowest BCUT2D eigenvalue weighted by Gasteiger charge is -2.61. The van der Waals surface area contributed by atoms with E-state index in [-0.39, 0.29) is 68.2 Å². The normalized spacial score (nSPS) is 20.6. The number of carbonyl (C=O) groups excluding carboxylic acids is 4. The van der Waals surface area contributed by atoms with Crippen LogP contribution in [-0.2, 0) is 31.1 Å². The molecule has 22 heteroatoms. The highest BCUT2D eigenvalue weighted by atomic mass is 32.2. The van der Waals surface area contributed by atoms with Gasteiger partial charge in [0.1, 0.15) is 42.1 Å². The number of anilines is 2. The van der Waals surface area contributed by atoms with Crippen molar-refractivity contribution in [3.63, 3.8) is 0 Å². The van der Waals surface area contributed by atoms with Crippen LogP contribution >= 0.6 is 0 Å². The third kappa shape index (κ3) is 8.98. The van der Waals surface area contributed by atoms with Gasteiger partial charge < -0.3 is 29.7 Å². The maximum atomic E-state index is 15.7. The van der Waals surface area contributed by atoms with E-state index in [1.165, 1.54) is 11.1 Å². The van der Waals surface area contributed by atoms with E-state index in [9.17, 15) is 37.1 Å². The van der Waals surface area contributed by atoms with Gasteiger partial charge in [-0.3, -0.25) is 38.9 Å². The Hall–Kier alpha value is -6.88. The first-order chi connectivity index (χ1) is 32.5. The molecule has 3 aromatic carbocycles. The minimum absolute atomic E-state index is 0.00528. The number of benzene rings is 3. The van der Waals surface area contributed by atoms with Gasteiger partial charge in [0.25, 0.3) is 12.4 Å². The van der Waals surface area contributed by atoms with Crippen LogP contribution in [0, 0.1) is 17.0 Å². The second kappa shape index (κ2) is 18.3. The van der Waals surface area contributed by atoms with Crippen molar-refractivity contribution in [3.05, 3.63) is 107 Å². The lowest BCUT2D eigenvalue weighted by molar-refractivity contribution is -0.137. The number of carboxylic acid groups (broad SMARTS) is 1. The van der Waals surface area contributed by atoms with Gasteiger partial charge in [0.2, 0.25) is 17.6 Å². The number of rotatable bonds is 13. The summed E-state index contributed by atoms with van der Waals surface area (Å²) in [4.78, 5) is 72.2. The summed E-state index contributed by atoms with van der Waals surface area (Å²) in [5.74, 6) is -4.16. The summed E-state index contributed by atoms with van der Waals surface area (Å²) in [5.41, 5.74) is 2.43. The fourth-order valence-electron chi connectivity index (χ4n) is 9.66. The summed E-state index contributed by atoms with van der Waals surface area (Å²) in [6, 6.07) is 15.6. The lowest BCUT2D eigenvalue weighted by Crippen LogP contribution is -2.72. The van der Waals surface area contributed by atoms with Crippen LogP contribution in [-0.4, -0.2) is 143 Å². The summed E-state index contributed by atoms with van der Waals surface area (Å²) in [5, 5.41) is 20.3. The molecule has 18 nitrogen and oxygen atoms in total. The molecule has 4 fully saturated rings. The number of aliphatic hydroxyl groups is 1. The number of carbonyl (C=O) groups is 5. The van der Waals surface area contributed by atoms with Crippen LogP contribution in [0.15, 0.2) is 73.1 Å². The number of amides is 3. The number of H-pyrrole nitrogens is 1. The maximum absolute atomic E-state index is 15.7. The molecule has 356 valence electrons. The Bertz CT molecular complexity index is 2940. The average Bonchev–Trinajstić information content (AvgIpc) is 4.01. The molecule has 3 atom stereocenters. The number of β-amino-alcohol motifs (C(OH)–C–C–N with tert-alkyl or cyclic N) is 1. The minimum atomic E-state index is -4.37. The van der Waals surface area contributed by atoms with Crippen LogP contribution in [0.3, 0.4) is 0 Å². The Morgan fingerprint density at radius 3 is 2.47 bits per heavy atom. The number of nitrogens with zero attached hydrogens (tertiary/aromatic N) is 5. The second-order valence-electron chi connectivity index (χ2n) is 17.6. The zero-order valence-electron chi connectivity index (χ0n) is 36.2. The molecule has 1 spiro atoms. The van der Waals surface area contributed by atoms with Gasteiger partial charge >= 0.3 is 10.2 Å². The third-order valence-electron chi connectivity index (χ3n) is 12.9. The van der Waals surface area contributed by atoms with Gasteiger partial charge in [0.05, 0.1) is 11.3 Å². The second-order valence-corrected chi connectivity index (χ2v) is 19.3. The van der Waals surface area contributed by atoms with Crippen LogP contribution in [0.1, 0.15) is 51.1 Å². The molecule has 0 aliphatic carbocycles. The summed E-state index contributed by atoms with van der Waals surface area (Å²) < 4.78 is 78.9. The van der Waals surface area contributed by atoms with Crippen molar-refractivity contribution in [2.45, 2.75) is 44.1 Å². The number of fused-ring (bicyclic) bond motifs is 2. The Morgan fingerprint density at radius 2 is 1.76 bits per heavy atom. The molecule has 0 bridgehead atoms. The van der Waals surface area contributed by atoms with E-state index in [4.69, 9.17) is 14.6 Å². The Kier molecular flexibility index (Phi) is 12.5. The topological polar surface area (TPSA) is 235 Å². The van der Waals surface area contributed by atoms with E-state index in [0.29, 0.717) is 34.5 Å². The Morgan fingerprint density at radius 1 is 1.01 bits per heavy atom. The van der Waals surface area contributed by atoms with E-state index < -0.39 is 69.6 Å². The van der Waals surface area contributed by atoms with Crippen molar-refractivity contribution >= 4 is 62.6 Å². The number of aromatic amines is 1. The SMILES string of the molecule is O=C1CC[C@@H](N2Cc3cc(OC[C@H](O)CN4CC5(C4)CN(c4ccc(-c6cnc7[nH]cc(C(=O)c8c(F)ccc(NS(=O)(=O)N9CC[C@@H](F)C9)c8F)c7c6)cc4)C5)ccc3C2=O)C(=O)N1.O=CO. The van der Waals surface area contributed by atoms with Crippen molar-refractivity contribution in [1.82, 2.24) is 29.4 Å². The van der Waals surface area contributed by atoms with Crippen molar-refractivity contribution < 1.29 is 60.5 Å². The molecule has 0 unspecified atom stereocenters. The number of hydrogen-bond donors (Lipinski definition) is 5. The zero-order chi connectivity index (χ0) is 48.1. The standard InChI is InChI=1S/C45H43F3N8O8S.CH2O2/c46-28-11-12-55(18-28)65(62,63)52-36-8-7-35(47)39(40(36)48)41(59)34-16-50-42-33(34)14-26(15-49-42)25-1-3-29(4-2-25)54-23-45(24-54)21-53(22-45)19-30(57)20-64-31-5-6-32-27(13-31)17-56(44(32)61)37-9-10-38(58)51-43(37)60;2-1-3/h1-8,13-16,28,30,37,52,57H,9-12,17-24H2,(H,49,50)(H,51,58,60);1H,(H,2,3)/t28-,30-,37-;/m1./s1. The number of ether oxygens (including phenoxy) is 1. The van der Waals surface area contributed by atoms with Crippen molar-refractivity contribution in [2.75, 3.05) is 62.0 Å². The first-order valence-corrected chi connectivity index (χ1v) is 23.1. The van der Waals surface area contributed by atoms with Gasteiger partial charge in [0, 0.05) is 104 Å². The maximum Gasteiger partial charge on any atom is 0.301 e. The fourth-order valence-corrected chi connectivity index (χ4v) is 10.9. The number of halogens is 3. The van der Waals surface area contributed by atoms with Crippen molar-refractivity contribution in [1.29, 1.82) is 0 Å². The number of imide groups is 1. The average molecular weight is 959 g/mol. The molecule has 10 rings (SSSR count). The van der Waals surface area contributed by atoms with Gasteiger partial charge in [-0.2, -0.15) is 12.7 Å². The van der Waals surface area contributed by atoms with Crippen LogP contribution in [0.5, 0.6) is 5.75 Å². The quantitative estimate of drug-likeness (QED) is 0.0647. The molecule has 4 saturated heterocycles. The van der Waals surface area contributed by atoms with Gasteiger partial charge in [0.15, 0.2) is 5.82 Å². The van der Waals surface area contributed by atoms with Crippen LogP contribution in [0.2, 0.25) is 0 Å². The molecule has 7 heterocycles. The number of ketones is 1. The van der Waals surface area contributed by atoms with E-state index in [2.05, 4.69) is 25.1 Å². The van der Waals surface area contributed by atoms with Gasteiger partial charge in [-0.25, -0.2) is 18.2 Å². The summed E-state index contributed by atoms with van der Waals surface area (Å²) in [6.07, 6.45) is 1.27. The molecule has 2 aromatic heterocycles. The van der Waals surface area contributed by atoms with Crippen molar-refractivity contribution in [3.8, 4) is 16.9 Å². The molecule has 5 aromatic rings. The number of likely N-dealkylation sites (tertiary alicyclic amines) is 1. The van der Waals surface area contributed by atoms with Crippen LogP contribution in [0.4, 0.5) is 24.5 Å². The van der Waals surface area contributed by atoms with E-state index in [1.54, 1.807) is 30.5 Å².